The lowest BCUT2D eigenvalue weighted by atomic mass is 9.94. The molecular weight excluding hydrogens is 232 g/mol. The van der Waals surface area contributed by atoms with Crippen LogP contribution in [-0.2, 0) is 9.59 Å². The molecule has 0 bridgehead atoms. The number of likely N-dealkylation sites (N-methyl/N-ethyl adjacent to an activating group) is 1. The molecule has 0 aromatic rings. The Hall–Kier alpha value is -1.10. The molecule has 0 aromatic carbocycles. The van der Waals surface area contributed by atoms with Crippen molar-refractivity contribution < 1.29 is 14.7 Å². The van der Waals surface area contributed by atoms with Crippen LogP contribution in [0, 0.1) is 0 Å². The second kappa shape index (κ2) is 6.73. The first-order valence-electron chi connectivity index (χ1n) is 6.64. The number of amides is 2. The number of hydrogen-bond donors (Lipinski definition) is 2. The van der Waals surface area contributed by atoms with Crippen LogP contribution >= 0.6 is 0 Å². The summed E-state index contributed by atoms with van der Waals surface area (Å²) in [6.45, 7) is 1.76. The standard InChI is InChI=1S/C13H24N2O3/c1-11(16)15(2)9-12(17)14-10-13(18)7-5-3-4-6-8-13/h18H,3-10H2,1-2H3,(H,14,17). The fourth-order valence-electron chi connectivity index (χ4n) is 2.21. The van der Waals surface area contributed by atoms with Gasteiger partial charge in [0, 0.05) is 20.5 Å². The van der Waals surface area contributed by atoms with Crippen LogP contribution in [0.25, 0.3) is 0 Å². The van der Waals surface area contributed by atoms with Gasteiger partial charge in [-0.3, -0.25) is 9.59 Å². The smallest absolute Gasteiger partial charge is 0.239 e. The minimum Gasteiger partial charge on any atom is -0.388 e. The quantitative estimate of drug-likeness (QED) is 0.726. The Labute approximate surface area is 109 Å². The lowest BCUT2D eigenvalue weighted by molar-refractivity contribution is -0.133. The Balaban J connectivity index is 2.34. The Morgan fingerprint density at radius 1 is 1.22 bits per heavy atom. The van der Waals surface area contributed by atoms with Gasteiger partial charge in [0.1, 0.15) is 0 Å². The van der Waals surface area contributed by atoms with Crippen molar-refractivity contribution in [1.82, 2.24) is 10.2 Å². The largest absolute Gasteiger partial charge is 0.388 e. The van der Waals surface area contributed by atoms with Gasteiger partial charge in [0.25, 0.3) is 0 Å². The van der Waals surface area contributed by atoms with E-state index in [9.17, 15) is 14.7 Å². The third-order valence-corrected chi connectivity index (χ3v) is 3.57. The average Bonchev–Trinajstić information content (AvgIpc) is 2.52. The predicted octanol–water partition coefficient (Wildman–Crippen LogP) is 0.666. The summed E-state index contributed by atoms with van der Waals surface area (Å²) in [6.07, 6.45) is 5.83. The highest BCUT2D eigenvalue weighted by molar-refractivity contribution is 5.83. The fourth-order valence-corrected chi connectivity index (χ4v) is 2.21. The van der Waals surface area contributed by atoms with E-state index in [2.05, 4.69) is 5.32 Å². The normalized spacial score (nSPS) is 18.8. The summed E-state index contributed by atoms with van der Waals surface area (Å²) in [5, 5.41) is 13.1. The van der Waals surface area contributed by atoms with E-state index in [1.54, 1.807) is 7.05 Å². The molecule has 1 rings (SSSR count). The van der Waals surface area contributed by atoms with E-state index in [0.29, 0.717) is 0 Å². The molecule has 1 aliphatic carbocycles. The molecule has 0 unspecified atom stereocenters. The van der Waals surface area contributed by atoms with E-state index < -0.39 is 5.60 Å². The average molecular weight is 256 g/mol. The summed E-state index contributed by atoms with van der Waals surface area (Å²) < 4.78 is 0. The summed E-state index contributed by atoms with van der Waals surface area (Å²) in [6, 6.07) is 0. The molecule has 18 heavy (non-hydrogen) atoms. The first-order chi connectivity index (χ1) is 8.43. The zero-order valence-electron chi connectivity index (χ0n) is 11.4. The number of aliphatic hydroxyl groups is 1. The molecule has 104 valence electrons. The third kappa shape index (κ3) is 5.04. The van der Waals surface area contributed by atoms with Crippen LogP contribution in [-0.4, -0.2) is 47.6 Å². The second-order valence-corrected chi connectivity index (χ2v) is 5.29. The van der Waals surface area contributed by atoms with Crippen LogP contribution in [0.3, 0.4) is 0 Å². The molecule has 0 atom stereocenters. The third-order valence-electron chi connectivity index (χ3n) is 3.57. The summed E-state index contributed by atoms with van der Waals surface area (Å²) in [5.41, 5.74) is -0.763. The Morgan fingerprint density at radius 2 is 1.78 bits per heavy atom. The maximum atomic E-state index is 11.6. The predicted molar refractivity (Wildman–Crippen MR) is 69.0 cm³/mol. The number of carbonyl (C=O) groups is 2. The Morgan fingerprint density at radius 3 is 2.28 bits per heavy atom. The molecule has 0 aromatic heterocycles. The number of carbonyl (C=O) groups excluding carboxylic acids is 2. The summed E-state index contributed by atoms with van der Waals surface area (Å²) in [7, 11) is 1.59. The maximum Gasteiger partial charge on any atom is 0.239 e. The summed E-state index contributed by atoms with van der Waals surface area (Å²) in [4.78, 5) is 24.0. The van der Waals surface area contributed by atoms with Gasteiger partial charge < -0.3 is 15.3 Å². The van der Waals surface area contributed by atoms with Gasteiger partial charge in [-0.15, -0.1) is 0 Å². The van der Waals surface area contributed by atoms with Crippen LogP contribution < -0.4 is 5.32 Å². The first kappa shape index (κ1) is 15.0. The Bertz CT molecular complexity index is 297. The van der Waals surface area contributed by atoms with Gasteiger partial charge in [0.15, 0.2) is 0 Å². The maximum absolute atomic E-state index is 11.6. The molecule has 0 spiro atoms. The zero-order valence-corrected chi connectivity index (χ0v) is 11.4. The van der Waals surface area contributed by atoms with Gasteiger partial charge in [-0.2, -0.15) is 0 Å². The van der Waals surface area contributed by atoms with Crippen LogP contribution in [0.5, 0.6) is 0 Å². The van der Waals surface area contributed by atoms with Crippen LogP contribution in [0.15, 0.2) is 0 Å². The van der Waals surface area contributed by atoms with E-state index in [0.717, 1.165) is 38.5 Å². The summed E-state index contributed by atoms with van der Waals surface area (Å²) >= 11 is 0. The number of hydrogen-bond acceptors (Lipinski definition) is 3. The monoisotopic (exact) mass is 256 g/mol. The van der Waals surface area contributed by atoms with Crippen molar-refractivity contribution in [3.05, 3.63) is 0 Å². The van der Waals surface area contributed by atoms with E-state index in [1.807, 2.05) is 0 Å². The van der Waals surface area contributed by atoms with Crippen LogP contribution in [0.1, 0.15) is 45.4 Å². The molecule has 1 aliphatic rings. The number of nitrogens with zero attached hydrogens (tertiary/aromatic N) is 1. The van der Waals surface area contributed by atoms with Gasteiger partial charge >= 0.3 is 0 Å². The van der Waals surface area contributed by atoms with Gasteiger partial charge in [0.05, 0.1) is 12.1 Å². The van der Waals surface area contributed by atoms with Crippen molar-refractivity contribution in [2.45, 2.75) is 51.0 Å². The molecule has 2 amide bonds. The molecule has 5 heteroatoms. The van der Waals surface area contributed by atoms with E-state index in [4.69, 9.17) is 0 Å². The number of rotatable bonds is 4. The topological polar surface area (TPSA) is 69.6 Å². The van der Waals surface area contributed by atoms with Crippen molar-refractivity contribution in [3.8, 4) is 0 Å². The highest BCUT2D eigenvalue weighted by atomic mass is 16.3. The van der Waals surface area contributed by atoms with Gasteiger partial charge in [-0.25, -0.2) is 0 Å². The van der Waals surface area contributed by atoms with Gasteiger partial charge in [-0.1, -0.05) is 25.7 Å². The minimum absolute atomic E-state index is 0.0470. The fraction of sp³-hybridized carbons (Fsp3) is 0.846. The number of nitrogens with one attached hydrogen (secondary N) is 1. The molecule has 0 saturated heterocycles. The minimum atomic E-state index is -0.763. The second-order valence-electron chi connectivity index (χ2n) is 5.29. The molecular formula is C13H24N2O3. The van der Waals surface area contributed by atoms with Crippen molar-refractivity contribution in [1.29, 1.82) is 0 Å². The van der Waals surface area contributed by atoms with Crippen molar-refractivity contribution in [2.24, 2.45) is 0 Å². The van der Waals surface area contributed by atoms with Crippen LogP contribution in [0.4, 0.5) is 0 Å². The molecule has 1 fully saturated rings. The van der Waals surface area contributed by atoms with E-state index in [-0.39, 0.29) is 24.9 Å². The van der Waals surface area contributed by atoms with Crippen molar-refractivity contribution in [2.75, 3.05) is 20.1 Å². The van der Waals surface area contributed by atoms with Crippen molar-refractivity contribution >= 4 is 11.8 Å². The highest BCUT2D eigenvalue weighted by Crippen LogP contribution is 2.26. The van der Waals surface area contributed by atoms with Crippen LogP contribution in [0.2, 0.25) is 0 Å². The van der Waals surface area contributed by atoms with E-state index >= 15 is 0 Å². The zero-order chi connectivity index (χ0) is 13.6. The SMILES string of the molecule is CC(=O)N(C)CC(=O)NCC1(O)CCCCCC1. The molecule has 0 aliphatic heterocycles. The van der Waals surface area contributed by atoms with E-state index in [1.165, 1.54) is 11.8 Å². The lowest BCUT2D eigenvalue weighted by Crippen LogP contribution is -2.45. The molecule has 1 saturated carbocycles. The molecule has 2 N–H and O–H groups in total. The molecule has 0 radical (unpaired) electrons. The molecule has 0 heterocycles. The van der Waals surface area contributed by atoms with Gasteiger partial charge in [0.2, 0.25) is 11.8 Å². The Kier molecular flexibility index (Phi) is 5.59. The highest BCUT2D eigenvalue weighted by Gasteiger charge is 2.28. The lowest BCUT2D eigenvalue weighted by Gasteiger charge is -2.27. The van der Waals surface area contributed by atoms with Gasteiger partial charge in [-0.05, 0) is 12.8 Å². The first-order valence-corrected chi connectivity index (χ1v) is 6.64. The summed E-state index contributed by atoms with van der Waals surface area (Å²) in [5.74, 6) is -0.358. The molecule has 5 nitrogen and oxygen atoms in total. The van der Waals surface area contributed by atoms with Crippen molar-refractivity contribution in [3.63, 3.8) is 0 Å².